The molecule has 9 nitrogen and oxygen atoms in total. The highest BCUT2D eigenvalue weighted by molar-refractivity contribution is 5.99. The maximum atomic E-state index is 14.3. The molecule has 2 heterocycles. The van der Waals surface area contributed by atoms with Gasteiger partial charge in [-0.2, -0.15) is 5.10 Å². The van der Waals surface area contributed by atoms with E-state index in [2.05, 4.69) is 15.7 Å². The molecule has 182 valence electrons. The Morgan fingerprint density at radius 2 is 1.83 bits per heavy atom. The molecule has 1 aromatic heterocycles. The molecule has 1 aliphatic rings. The Bertz CT molecular complexity index is 1250. The molecular weight excluding hydrogens is 453 g/mol. The average Bonchev–Trinajstić information content (AvgIpc) is 3.49. The van der Waals surface area contributed by atoms with Gasteiger partial charge in [0.25, 0.3) is 0 Å². The number of urea groups is 1. The monoisotopic (exact) mass is 479 g/mol. The zero-order valence-electron chi connectivity index (χ0n) is 19.4. The lowest BCUT2D eigenvalue weighted by molar-refractivity contribution is -0.119. The highest BCUT2D eigenvalue weighted by Gasteiger charge is 2.34. The van der Waals surface area contributed by atoms with Crippen molar-refractivity contribution in [2.24, 2.45) is 0 Å². The van der Waals surface area contributed by atoms with Gasteiger partial charge in [-0.25, -0.2) is 18.7 Å². The Labute approximate surface area is 201 Å². The van der Waals surface area contributed by atoms with Crippen LogP contribution in [0.2, 0.25) is 0 Å². The summed E-state index contributed by atoms with van der Waals surface area (Å²) in [5.74, 6) is -1.45. The zero-order valence-corrected chi connectivity index (χ0v) is 19.4. The minimum Gasteiger partial charge on any atom is -0.478 e. The SMILES string of the molecule is CC(C)c1ccc(NC(=O)N2CCCC2C(=O)Nc2ccn(-c3ccc(C(=O)O)cc3)n2)cc1F. The Morgan fingerprint density at radius 1 is 1.09 bits per heavy atom. The number of aromatic nitrogens is 2. The van der Waals surface area contributed by atoms with Gasteiger partial charge in [0.1, 0.15) is 11.9 Å². The molecule has 0 spiro atoms. The van der Waals surface area contributed by atoms with Crippen LogP contribution in [0.1, 0.15) is 48.5 Å². The summed E-state index contributed by atoms with van der Waals surface area (Å²) in [6.07, 6.45) is 2.80. The average molecular weight is 480 g/mol. The lowest BCUT2D eigenvalue weighted by Gasteiger charge is -2.24. The third-order valence-corrected chi connectivity index (χ3v) is 5.91. The van der Waals surface area contributed by atoms with Gasteiger partial charge in [-0.15, -0.1) is 0 Å². The van der Waals surface area contributed by atoms with E-state index in [1.165, 1.54) is 27.8 Å². The molecule has 10 heteroatoms. The van der Waals surface area contributed by atoms with Crippen molar-refractivity contribution in [1.29, 1.82) is 0 Å². The van der Waals surface area contributed by atoms with E-state index in [0.29, 0.717) is 42.1 Å². The number of benzene rings is 2. The van der Waals surface area contributed by atoms with Gasteiger partial charge in [0.2, 0.25) is 5.91 Å². The largest absolute Gasteiger partial charge is 0.478 e. The van der Waals surface area contributed by atoms with Gasteiger partial charge >= 0.3 is 12.0 Å². The zero-order chi connectivity index (χ0) is 25.1. The summed E-state index contributed by atoms with van der Waals surface area (Å²) in [4.78, 5) is 38.2. The number of aromatic carboxylic acids is 1. The highest BCUT2D eigenvalue weighted by Crippen LogP contribution is 2.24. The van der Waals surface area contributed by atoms with E-state index in [9.17, 15) is 18.8 Å². The van der Waals surface area contributed by atoms with E-state index in [1.54, 1.807) is 36.5 Å². The first-order valence-electron chi connectivity index (χ1n) is 11.3. The van der Waals surface area contributed by atoms with Crippen molar-refractivity contribution in [3.63, 3.8) is 0 Å². The molecule has 2 aromatic carbocycles. The molecule has 0 radical (unpaired) electrons. The van der Waals surface area contributed by atoms with Crippen LogP contribution in [0.4, 0.5) is 20.7 Å². The highest BCUT2D eigenvalue weighted by atomic mass is 19.1. The molecule has 0 aliphatic carbocycles. The fourth-order valence-electron chi connectivity index (χ4n) is 4.05. The maximum Gasteiger partial charge on any atom is 0.335 e. The molecule has 35 heavy (non-hydrogen) atoms. The molecule has 4 rings (SSSR count). The minimum atomic E-state index is -1.02. The van der Waals surface area contributed by atoms with Gasteiger partial charge in [0.15, 0.2) is 5.82 Å². The summed E-state index contributed by atoms with van der Waals surface area (Å²) in [6, 6.07) is 11.2. The second-order valence-electron chi connectivity index (χ2n) is 8.66. The molecule has 1 aliphatic heterocycles. The van der Waals surface area contributed by atoms with Crippen LogP contribution >= 0.6 is 0 Å². The van der Waals surface area contributed by atoms with E-state index >= 15 is 0 Å². The van der Waals surface area contributed by atoms with Crippen LogP contribution in [0.3, 0.4) is 0 Å². The van der Waals surface area contributed by atoms with Crippen LogP contribution in [0.25, 0.3) is 5.69 Å². The predicted molar refractivity (Wildman–Crippen MR) is 128 cm³/mol. The molecule has 1 atom stereocenters. The molecule has 3 amide bonds. The number of hydrogen-bond donors (Lipinski definition) is 3. The van der Waals surface area contributed by atoms with E-state index < -0.39 is 18.0 Å². The standard InChI is InChI=1S/C25H26FN5O4/c1-15(2)19-10-7-17(14-20(19)26)27-25(35)30-12-3-4-21(30)23(32)28-22-11-13-31(29-22)18-8-5-16(6-9-18)24(33)34/h5-11,13-15,21H,3-4,12H2,1-2H3,(H,27,35)(H,33,34)(H,28,29,32). The van der Waals surface area contributed by atoms with Crippen molar-refractivity contribution in [2.45, 2.75) is 38.6 Å². The van der Waals surface area contributed by atoms with Crippen LogP contribution in [-0.4, -0.2) is 50.3 Å². The normalized spacial score (nSPS) is 15.3. The van der Waals surface area contributed by atoms with Crippen LogP contribution in [0.5, 0.6) is 0 Å². The number of hydrogen-bond acceptors (Lipinski definition) is 4. The Kier molecular flexibility index (Phi) is 6.81. The lowest BCUT2D eigenvalue weighted by Crippen LogP contribution is -2.45. The summed E-state index contributed by atoms with van der Waals surface area (Å²) in [6.45, 7) is 4.19. The first-order chi connectivity index (χ1) is 16.7. The number of carbonyl (C=O) groups is 3. The third kappa shape index (κ3) is 5.32. The van der Waals surface area contributed by atoms with Gasteiger partial charge in [0.05, 0.1) is 11.3 Å². The number of nitrogens with one attached hydrogen (secondary N) is 2. The van der Waals surface area contributed by atoms with Gasteiger partial charge in [0, 0.05) is 24.5 Å². The molecule has 1 unspecified atom stereocenters. The predicted octanol–water partition coefficient (Wildman–Crippen LogP) is 4.47. The van der Waals surface area contributed by atoms with E-state index in [0.717, 1.165) is 0 Å². The van der Waals surface area contributed by atoms with Crippen LogP contribution in [0.15, 0.2) is 54.7 Å². The van der Waals surface area contributed by atoms with Gasteiger partial charge in [-0.3, -0.25) is 4.79 Å². The van der Waals surface area contributed by atoms with Crippen LogP contribution in [0, 0.1) is 5.82 Å². The molecule has 0 bridgehead atoms. The molecule has 0 saturated carbocycles. The Morgan fingerprint density at radius 3 is 2.49 bits per heavy atom. The quantitative estimate of drug-likeness (QED) is 0.482. The number of anilines is 2. The van der Waals surface area contributed by atoms with Crippen molar-refractivity contribution in [1.82, 2.24) is 14.7 Å². The lowest BCUT2D eigenvalue weighted by atomic mass is 10.0. The van der Waals surface area contributed by atoms with Gasteiger partial charge in [-0.1, -0.05) is 19.9 Å². The number of carbonyl (C=O) groups excluding carboxylic acids is 2. The Balaban J connectivity index is 1.40. The third-order valence-electron chi connectivity index (χ3n) is 5.91. The van der Waals surface area contributed by atoms with Crippen molar-refractivity contribution in [3.8, 4) is 5.69 Å². The van der Waals surface area contributed by atoms with Gasteiger partial charge < -0.3 is 20.6 Å². The fourth-order valence-corrected chi connectivity index (χ4v) is 4.05. The first-order valence-corrected chi connectivity index (χ1v) is 11.3. The summed E-state index contributed by atoms with van der Waals surface area (Å²) >= 11 is 0. The van der Waals surface area contributed by atoms with Crippen molar-refractivity contribution >= 4 is 29.4 Å². The minimum absolute atomic E-state index is 0.0268. The number of nitrogens with zero attached hydrogens (tertiary/aromatic N) is 3. The number of amides is 3. The number of likely N-dealkylation sites (tertiary alicyclic amines) is 1. The molecule has 1 fully saturated rings. The Hall–Kier alpha value is -4.21. The molecular formula is C25H26FN5O4. The first kappa shape index (κ1) is 23.9. The summed E-state index contributed by atoms with van der Waals surface area (Å²) in [5, 5.41) is 18.8. The van der Waals surface area contributed by atoms with E-state index in [4.69, 9.17) is 5.11 Å². The van der Waals surface area contributed by atoms with E-state index in [1.807, 2.05) is 13.8 Å². The van der Waals surface area contributed by atoms with Crippen LogP contribution in [-0.2, 0) is 4.79 Å². The maximum absolute atomic E-state index is 14.3. The van der Waals surface area contributed by atoms with Crippen LogP contribution < -0.4 is 10.6 Å². The number of rotatable bonds is 6. The van der Waals surface area contributed by atoms with E-state index in [-0.39, 0.29) is 23.2 Å². The number of halogens is 1. The van der Waals surface area contributed by atoms with Crippen molar-refractivity contribution in [2.75, 3.05) is 17.2 Å². The fraction of sp³-hybridized carbons (Fsp3) is 0.280. The number of carboxylic acids is 1. The van der Waals surface area contributed by atoms with Crippen molar-refractivity contribution in [3.05, 3.63) is 71.7 Å². The second kappa shape index (κ2) is 9.96. The van der Waals surface area contributed by atoms with Crippen molar-refractivity contribution < 1.29 is 23.9 Å². The topological polar surface area (TPSA) is 117 Å². The summed E-state index contributed by atoms with van der Waals surface area (Å²) in [7, 11) is 0. The molecule has 3 aromatic rings. The van der Waals surface area contributed by atoms with Gasteiger partial charge in [-0.05, 0) is 60.7 Å². The second-order valence-corrected chi connectivity index (χ2v) is 8.66. The summed E-state index contributed by atoms with van der Waals surface area (Å²) < 4.78 is 15.8. The molecule has 1 saturated heterocycles. The molecule has 3 N–H and O–H groups in total. The smallest absolute Gasteiger partial charge is 0.335 e. The summed E-state index contributed by atoms with van der Waals surface area (Å²) in [5.41, 5.74) is 1.69. The number of carboxylic acid groups (broad SMARTS) is 1.